The SMILES string of the molecule is C=C(C)c1cc(N)cc(C(F)(F)F)c1. The van der Waals surface area contributed by atoms with Crippen molar-refractivity contribution in [3.8, 4) is 0 Å². The fraction of sp³-hybridized carbons (Fsp3) is 0.200. The maximum absolute atomic E-state index is 12.3. The van der Waals surface area contributed by atoms with Crippen molar-refractivity contribution in [3.05, 3.63) is 35.9 Å². The van der Waals surface area contributed by atoms with Gasteiger partial charge >= 0.3 is 6.18 Å². The molecule has 2 N–H and O–H groups in total. The Hall–Kier alpha value is -1.45. The van der Waals surface area contributed by atoms with E-state index in [1.807, 2.05) is 0 Å². The molecule has 0 amide bonds. The van der Waals surface area contributed by atoms with E-state index in [2.05, 4.69) is 6.58 Å². The topological polar surface area (TPSA) is 26.0 Å². The minimum Gasteiger partial charge on any atom is -0.399 e. The number of nitrogens with two attached hydrogens (primary N) is 1. The lowest BCUT2D eigenvalue weighted by Gasteiger charge is -2.10. The zero-order chi connectivity index (χ0) is 10.9. The summed E-state index contributed by atoms with van der Waals surface area (Å²) in [5.74, 6) is 0. The Balaban J connectivity index is 3.28. The van der Waals surface area contributed by atoms with Gasteiger partial charge in [-0.15, -0.1) is 0 Å². The van der Waals surface area contributed by atoms with Crippen LogP contribution in [0.3, 0.4) is 0 Å². The van der Waals surface area contributed by atoms with Crippen LogP contribution in [0.2, 0.25) is 0 Å². The maximum atomic E-state index is 12.3. The van der Waals surface area contributed by atoms with Crippen molar-refractivity contribution in [2.24, 2.45) is 0 Å². The van der Waals surface area contributed by atoms with Crippen molar-refractivity contribution in [1.82, 2.24) is 0 Å². The van der Waals surface area contributed by atoms with Gasteiger partial charge in [-0.1, -0.05) is 12.2 Å². The third-order valence-corrected chi connectivity index (χ3v) is 1.78. The molecule has 76 valence electrons. The lowest BCUT2D eigenvalue weighted by molar-refractivity contribution is -0.137. The number of alkyl halides is 3. The van der Waals surface area contributed by atoms with E-state index in [1.54, 1.807) is 6.92 Å². The van der Waals surface area contributed by atoms with E-state index in [0.717, 1.165) is 12.1 Å². The third-order valence-electron chi connectivity index (χ3n) is 1.78. The van der Waals surface area contributed by atoms with Crippen LogP contribution in [0.25, 0.3) is 5.57 Å². The highest BCUT2D eigenvalue weighted by Crippen LogP contribution is 2.32. The van der Waals surface area contributed by atoms with Crippen LogP contribution in [-0.4, -0.2) is 0 Å². The predicted molar refractivity (Wildman–Crippen MR) is 50.6 cm³/mol. The molecule has 0 fully saturated rings. The Morgan fingerprint density at radius 2 is 1.86 bits per heavy atom. The van der Waals surface area contributed by atoms with Gasteiger partial charge < -0.3 is 5.73 Å². The Kier molecular flexibility index (Phi) is 2.55. The quantitative estimate of drug-likeness (QED) is 0.693. The molecule has 0 spiro atoms. The van der Waals surface area contributed by atoms with Crippen LogP contribution in [0.4, 0.5) is 18.9 Å². The highest BCUT2D eigenvalue weighted by Gasteiger charge is 2.30. The fourth-order valence-corrected chi connectivity index (χ4v) is 1.06. The van der Waals surface area contributed by atoms with Crippen LogP contribution in [-0.2, 0) is 6.18 Å². The highest BCUT2D eigenvalue weighted by atomic mass is 19.4. The lowest BCUT2D eigenvalue weighted by Crippen LogP contribution is -2.06. The van der Waals surface area contributed by atoms with Gasteiger partial charge in [0.15, 0.2) is 0 Å². The Bertz CT molecular complexity index is 366. The van der Waals surface area contributed by atoms with E-state index < -0.39 is 11.7 Å². The molecule has 14 heavy (non-hydrogen) atoms. The molecule has 0 aliphatic carbocycles. The molecule has 0 aliphatic rings. The summed E-state index contributed by atoms with van der Waals surface area (Å²) in [5, 5.41) is 0. The maximum Gasteiger partial charge on any atom is 0.416 e. The van der Waals surface area contributed by atoms with Crippen LogP contribution in [0.15, 0.2) is 24.8 Å². The monoisotopic (exact) mass is 201 g/mol. The van der Waals surface area contributed by atoms with Crippen molar-refractivity contribution < 1.29 is 13.2 Å². The molecule has 0 saturated carbocycles. The Morgan fingerprint density at radius 3 is 2.29 bits per heavy atom. The molecule has 0 aliphatic heterocycles. The van der Waals surface area contributed by atoms with Gasteiger partial charge in [-0.25, -0.2) is 0 Å². The number of halogens is 3. The number of allylic oxidation sites excluding steroid dienone is 1. The molecule has 1 nitrogen and oxygen atoms in total. The summed E-state index contributed by atoms with van der Waals surface area (Å²) in [6.45, 7) is 5.20. The molecular weight excluding hydrogens is 191 g/mol. The van der Waals surface area contributed by atoms with Gasteiger partial charge in [-0.05, 0) is 30.7 Å². The van der Waals surface area contributed by atoms with Crippen LogP contribution in [0, 0.1) is 0 Å². The summed E-state index contributed by atoms with van der Waals surface area (Å²) in [5.41, 5.74) is 5.68. The van der Waals surface area contributed by atoms with E-state index in [1.165, 1.54) is 6.07 Å². The van der Waals surface area contributed by atoms with E-state index in [-0.39, 0.29) is 5.69 Å². The molecule has 4 heteroatoms. The number of hydrogen-bond acceptors (Lipinski definition) is 1. The largest absolute Gasteiger partial charge is 0.416 e. The van der Waals surface area contributed by atoms with Crippen LogP contribution >= 0.6 is 0 Å². The van der Waals surface area contributed by atoms with Gasteiger partial charge in [0.2, 0.25) is 0 Å². The fourth-order valence-electron chi connectivity index (χ4n) is 1.06. The molecule has 0 radical (unpaired) electrons. The van der Waals surface area contributed by atoms with Crippen LogP contribution in [0.5, 0.6) is 0 Å². The predicted octanol–water partition coefficient (Wildman–Crippen LogP) is 3.32. The summed E-state index contributed by atoms with van der Waals surface area (Å²) in [4.78, 5) is 0. The zero-order valence-electron chi connectivity index (χ0n) is 7.65. The summed E-state index contributed by atoms with van der Waals surface area (Å²) in [6, 6.07) is 3.42. The van der Waals surface area contributed by atoms with Crippen molar-refractivity contribution in [2.45, 2.75) is 13.1 Å². The van der Waals surface area contributed by atoms with E-state index in [9.17, 15) is 13.2 Å². The summed E-state index contributed by atoms with van der Waals surface area (Å²) < 4.78 is 37.0. The lowest BCUT2D eigenvalue weighted by atomic mass is 10.0. The average Bonchev–Trinajstić information content (AvgIpc) is 2.01. The highest BCUT2D eigenvalue weighted by molar-refractivity contribution is 5.66. The summed E-state index contributed by atoms with van der Waals surface area (Å²) in [6.07, 6.45) is -4.36. The smallest absolute Gasteiger partial charge is 0.399 e. The van der Waals surface area contributed by atoms with Crippen LogP contribution < -0.4 is 5.73 Å². The standard InChI is InChI=1S/C10H10F3N/c1-6(2)7-3-8(10(11,12)13)5-9(14)4-7/h3-5H,1,14H2,2H3. The van der Waals surface area contributed by atoms with Gasteiger partial charge in [0.25, 0.3) is 0 Å². The first kappa shape index (κ1) is 10.6. The molecule has 0 atom stereocenters. The van der Waals surface area contributed by atoms with E-state index in [0.29, 0.717) is 11.1 Å². The first-order chi connectivity index (χ1) is 6.30. The van der Waals surface area contributed by atoms with Crippen molar-refractivity contribution in [1.29, 1.82) is 0 Å². The Labute approximate surface area is 80.0 Å². The third kappa shape index (κ3) is 2.28. The second-order valence-corrected chi connectivity index (χ2v) is 3.12. The van der Waals surface area contributed by atoms with Gasteiger partial charge in [0.05, 0.1) is 5.56 Å². The van der Waals surface area contributed by atoms with Gasteiger partial charge in [-0.2, -0.15) is 13.2 Å². The van der Waals surface area contributed by atoms with Crippen molar-refractivity contribution >= 4 is 11.3 Å². The van der Waals surface area contributed by atoms with E-state index in [4.69, 9.17) is 5.73 Å². The number of nitrogen functional groups attached to an aromatic ring is 1. The Morgan fingerprint density at radius 1 is 1.29 bits per heavy atom. The molecule has 0 bridgehead atoms. The number of benzene rings is 1. The number of rotatable bonds is 1. The van der Waals surface area contributed by atoms with Gasteiger partial charge in [0, 0.05) is 5.69 Å². The summed E-state index contributed by atoms with van der Waals surface area (Å²) in [7, 11) is 0. The molecule has 1 aromatic carbocycles. The minimum absolute atomic E-state index is 0.0952. The molecule has 0 unspecified atom stereocenters. The number of hydrogen-bond donors (Lipinski definition) is 1. The average molecular weight is 201 g/mol. The minimum atomic E-state index is -4.36. The summed E-state index contributed by atoms with van der Waals surface area (Å²) >= 11 is 0. The normalized spacial score (nSPS) is 11.4. The van der Waals surface area contributed by atoms with Crippen molar-refractivity contribution in [3.63, 3.8) is 0 Å². The van der Waals surface area contributed by atoms with E-state index >= 15 is 0 Å². The molecule has 0 heterocycles. The second-order valence-electron chi connectivity index (χ2n) is 3.12. The molecule has 1 aromatic rings. The van der Waals surface area contributed by atoms with Crippen LogP contribution in [0.1, 0.15) is 18.1 Å². The first-order valence-corrected chi connectivity index (χ1v) is 3.94. The number of anilines is 1. The molecule has 0 aromatic heterocycles. The zero-order valence-corrected chi connectivity index (χ0v) is 7.65. The second kappa shape index (κ2) is 3.36. The van der Waals surface area contributed by atoms with Gasteiger partial charge in [-0.3, -0.25) is 0 Å². The van der Waals surface area contributed by atoms with Crippen molar-refractivity contribution in [2.75, 3.05) is 5.73 Å². The molecular formula is C10H10F3N. The van der Waals surface area contributed by atoms with Gasteiger partial charge in [0.1, 0.15) is 0 Å². The first-order valence-electron chi connectivity index (χ1n) is 3.94. The molecule has 1 rings (SSSR count). The molecule has 0 saturated heterocycles.